The van der Waals surface area contributed by atoms with Gasteiger partial charge in [0.2, 0.25) is 0 Å². The molecule has 2 unspecified atom stereocenters. The third-order valence-electron chi connectivity index (χ3n) is 6.08. The molecule has 1 aliphatic heterocycles. The van der Waals surface area contributed by atoms with E-state index in [9.17, 15) is 19.8 Å². The second-order valence-electron chi connectivity index (χ2n) is 7.86. The molecule has 5 aliphatic rings. The maximum Gasteiger partial charge on any atom is 0.411 e. The molecule has 0 aromatic carbocycles. The molecule has 0 radical (unpaired) electrons. The van der Waals surface area contributed by atoms with Crippen LogP contribution in [0.5, 0.6) is 0 Å². The molecular formula is C16H23NO5. The Morgan fingerprint density at radius 3 is 2.05 bits per heavy atom. The summed E-state index contributed by atoms with van der Waals surface area (Å²) in [7, 11) is 0. The first-order chi connectivity index (χ1) is 10.4. The SMILES string of the molecule is O=C(O)C1CC(O)CN1C(=O)OC12CC3CC(CC(C3)C1)C2. The van der Waals surface area contributed by atoms with Crippen LogP contribution in [0.15, 0.2) is 0 Å². The van der Waals surface area contributed by atoms with Crippen molar-refractivity contribution in [1.29, 1.82) is 0 Å². The van der Waals surface area contributed by atoms with Crippen molar-refractivity contribution in [2.75, 3.05) is 6.54 Å². The van der Waals surface area contributed by atoms with Crippen molar-refractivity contribution < 1.29 is 24.5 Å². The van der Waals surface area contributed by atoms with Gasteiger partial charge in [-0.05, 0) is 56.3 Å². The summed E-state index contributed by atoms with van der Waals surface area (Å²) in [6.45, 7) is 0.0577. The zero-order chi connectivity index (χ0) is 15.5. The van der Waals surface area contributed by atoms with Gasteiger partial charge in [-0.25, -0.2) is 9.59 Å². The summed E-state index contributed by atoms with van der Waals surface area (Å²) in [6.07, 6.45) is 5.34. The Balaban J connectivity index is 1.49. The lowest BCUT2D eigenvalue weighted by Crippen LogP contribution is -2.55. The van der Waals surface area contributed by atoms with Crippen LogP contribution in [0.25, 0.3) is 0 Å². The van der Waals surface area contributed by atoms with Crippen LogP contribution >= 0.6 is 0 Å². The topological polar surface area (TPSA) is 87.1 Å². The van der Waals surface area contributed by atoms with E-state index < -0.39 is 24.2 Å². The van der Waals surface area contributed by atoms with E-state index in [2.05, 4.69) is 0 Å². The van der Waals surface area contributed by atoms with Crippen LogP contribution in [-0.2, 0) is 9.53 Å². The number of β-amino-alcohol motifs (C(OH)–C–C–N with tert-alkyl or cyclic N) is 1. The van der Waals surface area contributed by atoms with Crippen LogP contribution in [0.3, 0.4) is 0 Å². The number of likely N-dealkylation sites (tertiary alicyclic amines) is 1. The van der Waals surface area contributed by atoms with Crippen molar-refractivity contribution in [3.8, 4) is 0 Å². The quantitative estimate of drug-likeness (QED) is 0.809. The van der Waals surface area contributed by atoms with Gasteiger partial charge >= 0.3 is 12.1 Å². The Labute approximate surface area is 129 Å². The molecule has 5 fully saturated rings. The lowest BCUT2D eigenvalue weighted by molar-refractivity contribution is -0.147. The molecule has 2 atom stereocenters. The second kappa shape index (κ2) is 4.85. The summed E-state index contributed by atoms with van der Waals surface area (Å²) in [4.78, 5) is 25.0. The number of carbonyl (C=O) groups excluding carboxylic acids is 1. The number of aliphatic carboxylic acids is 1. The van der Waals surface area contributed by atoms with Gasteiger partial charge in [0.1, 0.15) is 11.6 Å². The monoisotopic (exact) mass is 309 g/mol. The molecule has 22 heavy (non-hydrogen) atoms. The van der Waals surface area contributed by atoms with Gasteiger partial charge in [0.25, 0.3) is 0 Å². The molecule has 4 aliphatic carbocycles. The van der Waals surface area contributed by atoms with Crippen LogP contribution < -0.4 is 0 Å². The van der Waals surface area contributed by atoms with E-state index in [1.165, 1.54) is 24.2 Å². The highest BCUT2D eigenvalue weighted by Crippen LogP contribution is 2.57. The van der Waals surface area contributed by atoms with Crippen LogP contribution in [0, 0.1) is 17.8 Å². The van der Waals surface area contributed by atoms with Gasteiger partial charge in [0.05, 0.1) is 12.6 Å². The molecule has 1 saturated heterocycles. The number of aliphatic hydroxyl groups excluding tert-OH is 1. The summed E-state index contributed by atoms with van der Waals surface area (Å²) in [5.74, 6) is 0.925. The van der Waals surface area contributed by atoms with Gasteiger partial charge in [0.15, 0.2) is 0 Å². The molecule has 122 valence electrons. The fourth-order valence-corrected chi connectivity index (χ4v) is 5.65. The number of ether oxygens (including phenoxy) is 1. The Hall–Kier alpha value is -1.30. The lowest BCUT2D eigenvalue weighted by Gasteiger charge is -2.55. The van der Waals surface area contributed by atoms with Gasteiger partial charge in [-0.15, -0.1) is 0 Å². The molecular weight excluding hydrogens is 286 g/mol. The fraction of sp³-hybridized carbons (Fsp3) is 0.875. The average molecular weight is 309 g/mol. The molecule has 1 heterocycles. The number of carboxylic acids is 1. The normalized spacial score (nSPS) is 46.0. The van der Waals surface area contributed by atoms with E-state index in [1.54, 1.807) is 0 Å². The van der Waals surface area contributed by atoms with E-state index in [-0.39, 0.29) is 18.6 Å². The van der Waals surface area contributed by atoms with Crippen molar-refractivity contribution in [2.45, 2.75) is 62.7 Å². The number of amides is 1. The maximum absolute atomic E-state index is 12.5. The zero-order valence-corrected chi connectivity index (χ0v) is 12.6. The number of aliphatic hydroxyl groups is 1. The molecule has 4 bridgehead atoms. The minimum absolute atomic E-state index is 0.0577. The number of hydrogen-bond acceptors (Lipinski definition) is 4. The highest BCUT2D eigenvalue weighted by molar-refractivity contribution is 5.81. The molecule has 0 aromatic rings. The summed E-state index contributed by atoms with van der Waals surface area (Å²) >= 11 is 0. The molecule has 0 spiro atoms. The van der Waals surface area contributed by atoms with Crippen LogP contribution in [0.1, 0.15) is 44.9 Å². The largest absolute Gasteiger partial charge is 0.480 e. The first-order valence-electron chi connectivity index (χ1n) is 8.34. The predicted molar refractivity (Wildman–Crippen MR) is 76.1 cm³/mol. The van der Waals surface area contributed by atoms with Crippen molar-refractivity contribution in [2.24, 2.45) is 17.8 Å². The minimum atomic E-state index is -1.07. The van der Waals surface area contributed by atoms with Crippen LogP contribution in [-0.4, -0.2) is 51.5 Å². The van der Waals surface area contributed by atoms with Gasteiger partial charge in [0, 0.05) is 6.42 Å². The van der Waals surface area contributed by atoms with Crippen LogP contribution in [0.2, 0.25) is 0 Å². The van der Waals surface area contributed by atoms with Gasteiger partial charge < -0.3 is 14.9 Å². The van der Waals surface area contributed by atoms with E-state index in [1.807, 2.05) is 0 Å². The smallest absolute Gasteiger partial charge is 0.411 e. The number of nitrogens with zero attached hydrogens (tertiary/aromatic N) is 1. The highest BCUT2D eigenvalue weighted by Gasteiger charge is 2.54. The first kappa shape index (κ1) is 14.3. The first-order valence-corrected chi connectivity index (χ1v) is 8.34. The highest BCUT2D eigenvalue weighted by atomic mass is 16.6. The Kier molecular flexibility index (Phi) is 3.15. The summed E-state index contributed by atoms with van der Waals surface area (Å²) in [6, 6.07) is -0.962. The van der Waals surface area contributed by atoms with Gasteiger partial charge in [-0.1, -0.05) is 0 Å². The Bertz CT molecular complexity index is 469. The molecule has 6 heteroatoms. The summed E-state index contributed by atoms with van der Waals surface area (Å²) in [5, 5.41) is 18.9. The standard InChI is InChI=1S/C16H23NO5/c18-12-4-13(14(19)20)17(8-12)15(21)22-16-5-9-1-10(6-16)3-11(2-9)7-16/h9-13,18H,1-8H2,(H,19,20). The molecule has 5 rings (SSSR count). The molecule has 2 N–H and O–H groups in total. The number of carbonyl (C=O) groups is 2. The van der Waals surface area contributed by atoms with Crippen molar-refractivity contribution in [1.82, 2.24) is 4.90 Å². The average Bonchev–Trinajstić information content (AvgIpc) is 2.79. The minimum Gasteiger partial charge on any atom is -0.480 e. The second-order valence-corrected chi connectivity index (χ2v) is 7.86. The van der Waals surface area contributed by atoms with E-state index in [0.717, 1.165) is 19.3 Å². The van der Waals surface area contributed by atoms with Gasteiger partial charge in [-0.2, -0.15) is 0 Å². The van der Waals surface area contributed by atoms with Crippen molar-refractivity contribution in [3.05, 3.63) is 0 Å². The lowest BCUT2D eigenvalue weighted by atomic mass is 9.54. The molecule has 6 nitrogen and oxygen atoms in total. The number of rotatable bonds is 2. The van der Waals surface area contributed by atoms with E-state index >= 15 is 0 Å². The van der Waals surface area contributed by atoms with Crippen molar-refractivity contribution >= 4 is 12.1 Å². The summed E-state index contributed by atoms with van der Waals surface area (Å²) < 4.78 is 5.88. The van der Waals surface area contributed by atoms with Crippen LogP contribution in [0.4, 0.5) is 4.79 Å². The van der Waals surface area contributed by atoms with E-state index in [4.69, 9.17) is 4.74 Å². The summed E-state index contributed by atoms with van der Waals surface area (Å²) in [5.41, 5.74) is -0.373. The molecule has 0 aromatic heterocycles. The zero-order valence-electron chi connectivity index (χ0n) is 12.6. The van der Waals surface area contributed by atoms with Gasteiger partial charge in [-0.3, -0.25) is 4.90 Å². The van der Waals surface area contributed by atoms with E-state index in [0.29, 0.717) is 17.8 Å². The third-order valence-corrected chi connectivity index (χ3v) is 6.08. The molecule has 1 amide bonds. The molecule has 4 saturated carbocycles. The Morgan fingerprint density at radius 2 is 1.55 bits per heavy atom. The third kappa shape index (κ3) is 2.28. The Morgan fingerprint density at radius 1 is 1.00 bits per heavy atom. The maximum atomic E-state index is 12.5. The number of carboxylic acid groups (broad SMARTS) is 1. The predicted octanol–water partition coefficient (Wildman–Crippen LogP) is 1.61. The number of hydrogen-bond donors (Lipinski definition) is 2. The van der Waals surface area contributed by atoms with Crippen molar-refractivity contribution in [3.63, 3.8) is 0 Å². The fourth-order valence-electron chi connectivity index (χ4n) is 5.65.